The van der Waals surface area contributed by atoms with Gasteiger partial charge in [0.15, 0.2) is 12.0 Å². The number of hydrogen-bond acceptors (Lipinski definition) is 6. The SMILES string of the molecule is C[C@@]1(O)C(n2cc(F)c3c(Cl)ncnc32)OC(CO)[C@H]1O. The second-order valence-electron chi connectivity index (χ2n) is 5.13. The van der Waals surface area contributed by atoms with E-state index >= 15 is 0 Å². The van der Waals surface area contributed by atoms with E-state index in [1.54, 1.807) is 0 Å². The van der Waals surface area contributed by atoms with Crippen molar-refractivity contribution in [3.8, 4) is 0 Å². The summed E-state index contributed by atoms with van der Waals surface area (Å²) in [5.41, 5.74) is -1.60. The van der Waals surface area contributed by atoms with Gasteiger partial charge in [0.2, 0.25) is 0 Å². The number of aliphatic hydroxyl groups excluding tert-OH is 2. The predicted molar refractivity (Wildman–Crippen MR) is 70.1 cm³/mol. The maximum Gasteiger partial charge on any atom is 0.167 e. The summed E-state index contributed by atoms with van der Waals surface area (Å²) in [7, 11) is 0. The smallest absolute Gasteiger partial charge is 0.167 e. The maximum atomic E-state index is 14.0. The van der Waals surface area contributed by atoms with E-state index in [0.29, 0.717) is 0 Å². The first kappa shape index (κ1) is 14.6. The first-order chi connectivity index (χ1) is 9.87. The van der Waals surface area contributed by atoms with Gasteiger partial charge in [0.25, 0.3) is 0 Å². The number of fused-ring (bicyclic) bond motifs is 1. The fraction of sp³-hybridized carbons (Fsp3) is 0.500. The Labute approximate surface area is 123 Å². The van der Waals surface area contributed by atoms with Crippen molar-refractivity contribution in [2.24, 2.45) is 0 Å². The van der Waals surface area contributed by atoms with E-state index in [1.807, 2.05) is 0 Å². The highest BCUT2D eigenvalue weighted by atomic mass is 35.5. The largest absolute Gasteiger partial charge is 0.394 e. The van der Waals surface area contributed by atoms with Gasteiger partial charge < -0.3 is 20.1 Å². The number of aliphatic hydroxyl groups is 3. The molecule has 0 saturated carbocycles. The van der Waals surface area contributed by atoms with Gasteiger partial charge in [0.05, 0.1) is 12.0 Å². The molecular formula is C12H13ClFN3O4. The highest BCUT2D eigenvalue weighted by molar-refractivity contribution is 6.34. The summed E-state index contributed by atoms with van der Waals surface area (Å²) in [6.45, 7) is 0.857. The molecule has 1 aliphatic rings. The molecule has 2 unspecified atom stereocenters. The number of halogens is 2. The summed E-state index contributed by atoms with van der Waals surface area (Å²) in [5.74, 6) is -0.670. The van der Waals surface area contributed by atoms with Crippen LogP contribution < -0.4 is 0 Å². The van der Waals surface area contributed by atoms with Gasteiger partial charge in [-0.25, -0.2) is 14.4 Å². The molecule has 0 amide bonds. The Morgan fingerprint density at radius 2 is 2.24 bits per heavy atom. The summed E-state index contributed by atoms with van der Waals surface area (Å²) >= 11 is 5.84. The predicted octanol–water partition coefficient (Wildman–Crippen LogP) is 0.225. The third-order valence-electron chi connectivity index (χ3n) is 3.70. The van der Waals surface area contributed by atoms with Gasteiger partial charge in [-0.1, -0.05) is 11.6 Å². The normalized spacial score (nSPS) is 33.0. The van der Waals surface area contributed by atoms with Crippen LogP contribution in [-0.2, 0) is 4.74 Å². The molecule has 0 aromatic carbocycles. The Hall–Kier alpha value is -1.32. The van der Waals surface area contributed by atoms with Crippen LogP contribution >= 0.6 is 11.6 Å². The first-order valence-electron chi connectivity index (χ1n) is 6.21. The zero-order valence-corrected chi connectivity index (χ0v) is 11.7. The molecule has 3 rings (SSSR count). The van der Waals surface area contributed by atoms with E-state index in [4.69, 9.17) is 21.4 Å². The molecule has 0 bridgehead atoms. The Balaban J connectivity index is 2.15. The van der Waals surface area contributed by atoms with Crippen molar-refractivity contribution in [3.05, 3.63) is 23.5 Å². The van der Waals surface area contributed by atoms with Crippen LogP contribution in [0.25, 0.3) is 11.0 Å². The Morgan fingerprint density at radius 3 is 2.86 bits per heavy atom. The fourth-order valence-electron chi connectivity index (χ4n) is 2.57. The second-order valence-corrected chi connectivity index (χ2v) is 5.49. The zero-order valence-electron chi connectivity index (χ0n) is 10.9. The molecule has 3 heterocycles. The lowest BCUT2D eigenvalue weighted by Crippen LogP contribution is -2.44. The number of hydrogen-bond donors (Lipinski definition) is 3. The highest BCUT2D eigenvalue weighted by Gasteiger charge is 2.53. The van der Waals surface area contributed by atoms with Crippen LogP contribution in [-0.4, -0.2) is 54.3 Å². The lowest BCUT2D eigenvalue weighted by molar-refractivity contribution is -0.0949. The number of rotatable bonds is 2. The van der Waals surface area contributed by atoms with Gasteiger partial charge in [0, 0.05) is 6.20 Å². The monoisotopic (exact) mass is 317 g/mol. The molecule has 114 valence electrons. The molecule has 0 aliphatic carbocycles. The second kappa shape index (κ2) is 4.85. The molecule has 4 atom stereocenters. The molecule has 3 N–H and O–H groups in total. The van der Waals surface area contributed by atoms with E-state index < -0.39 is 36.5 Å². The summed E-state index contributed by atoms with van der Waals surface area (Å²) in [4.78, 5) is 7.64. The van der Waals surface area contributed by atoms with Crippen LogP contribution in [0, 0.1) is 5.82 Å². The quantitative estimate of drug-likeness (QED) is 0.685. The number of aromatic nitrogens is 3. The summed E-state index contributed by atoms with van der Waals surface area (Å²) in [5, 5.41) is 29.5. The molecule has 0 radical (unpaired) electrons. The van der Waals surface area contributed by atoms with Gasteiger partial charge in [-0.2, -0.15) is 0 Å². The number of nitrogens with zero attached hydrogens (tertiary/aromatic N) is 3. The van der Waals surface area contributed by atoms with Crippen LogP contribution in [0.3, 0.4) is 0 Å². The van der Waals surface area contributed by atoms with Gasteiger partial charge in [-0.05, 0) is 6.92 Å². The van der Waals surface area contributed by atoms with Crippen molar-refractivity contribution in [2.45, 2.75) is 31.0 Å². The summed E-state index contributed by atoms with van der Waals surface area (Å²) < 4.78 is 20.7. The van der Waals surface area contributed by atoms with Crippen LogP contribution in [0.1, 0.15) is 13.2 Å². The standard InChI is InChI=1S/C12H13ClFN3O4/c1-12(20)8(19)6(3-18)21-11(12)17-2-5(14)7-9(13)15-4-16-10(7)17/h2,4,6,8,11,18-20H,3H2,1H3/t6?,8-,11?,12+/m1/s1. The van der Waals surface area contributed by atoms with Crippen LogP contribution in [0.4, 0.5) is 4.39 Å². The molecule has 0 spiro atoms. The summed E-state index contributed by atoms with van der Waals surface area (Å²) in [6.07, 6.45) is -1.21. The van der Waals surface area contributed by atoms with Crippen molar-refractivity contribution in [2.75, 3.05) is 6.61 Å². The van der Waals surface area contributed by atoms with E-state index in [1.165, 1.54) is 11.5 Å². The molecular weight excluding hydrogens is 305 g/mol. The van der Waals surface area contributed by atoms with E-state index in [2.05, 4.69) is 9.97 Å². The molecule has 1 fully saturated rings. The molecule has 1 aliphatic heterocycles. The topological polar surface area (TPSA) is 101 Å². The van der Waals surface area contributed by atoms with Gasteiger partial charge in [-0.3, -0.25) is 4.57 Å². The average molecular weight is 318 g/mol. The van der Waals surface area contributed by atoms with E-state index in [9.17, 15) is 14.6 Å². The van der Waals surface area contributed by atoms with Crippen molar-refractivity contribution >= 4 is 22.6 Å². The van der Waals surface area contributed by atoms with Gasteiger partial charge in [0.1, 0.15) is 34.9 Å². The van der Waals surface area contributed by atoms with Crippen molar-refractivity contribution < 1.29 is 24.4 Å². The minimum atomic E-state index is -1.73. The molecule has 21 heavy (non-hydrogen) atoms. The molecule has 2 aromatic heterocycles. The zero-order chi connectivity index (χ0) is 15.4. The van der Waals surface area contributed by atoms with Gasteiger partial charge >= 0.3 is 0 Å². The van der Waals surface area contributed by atoms with Crippen molar-refractivity contribution in [3.63, 3.8) is 0 Å². The average Bonchev–Trinajstić information content (AvgIpc) is 2.87. The van der Waals surface area contributed by atoms with Gasteiger partial charge in [-0.15, -0.1) is 0 Å². The van der Waals surface area contributed by atoms with Crippen molar-refractivity contribution in [1.29, 1.82) is 0 Å². The van der Waals surface area contributed by atoms with Crippen molar-refractivity contribution in [1.82, 2.24) is 14.5 Å². The van der Waals surface area contributed by atoms with E-state index in [0.717, 1.165) is 12.5 Å². The van der Waals surface area contributed by atoms with Crippen LogP contribution in [0.15, 0.2) is 12.5 Å². The third-order valence-corrected chi connectivity index (χ3v) is 3.99. The minimum absolute atomic E-state index is 0.000468. The maximum absolute atomic E-state index is 14.0. The molecule has 1 saturated heterocycles. The molecule has 9 heteroatoms. The molecule has 2 aromatic rings. The fourth-order valence-corrected chi connectivity index (χ4v) is 2.79. The highest BCUT2D eigenvalue weighted by Crippen LogP contribution is 2.40. The van der Waals surface area contributed by atoms with Crippen LogP contribution in [0.2, 0.25) is 5.15 Å². The summed E-state index contributed by atoms with van der Waals surface area (Å²) in [6, 6.07) is 0. The Kier molecular flexibility index (Phi) is 3.38. The Bertz CT molecular complexity index is 692. The third kappa shape index (κ3) is 2.02. The minimum Gasteiger partial charge on any atom is -0.394 e. The Morgan fingerprint density at radius 1 is 1.52 bits per heavy atom. The first-order valence-corrected chi connectivity index (χ1v) is 6.59. The lowest BCUT2D eigenvalue weighted by Gasteiger charge is -2.27. The van der Waals surface area contributed by atoms with Crippen LogP contribution in [0.5, 0.6) is 0 Å². The number of ether oxygens (including phenoxy) is 1. The van der Waals surface area contributed by atoms with E-state index in [-0.39, 0.29) is 16.2 Å². The molecule has 7 nitrogen and oxygen atoms in total. The lowest BCUT2D eigenvalue weighted by atomic mass is 9.96.